The molecule has 19 heavy (non-hydrogen) atoms. The third kappa shape index (κ3) is 15.3. The molecule has 0 saturated carbocycles. The molecule has 0 aliphatic carbocycles. The minimum Gasteiger partial charge on any atom is -0.385 e. The highest BCUT2D eigenvalue weighted by atomic mass is 16.5. The molecule has 5 nitrogen and oxygen atoms in total. The molecule has 0 unspecified atom stereocenters. The minimum absolute atomic E-state index is 0.0611. The molecule has 0 fully saturated rings. The van der Waals surface area contributed by atoms with Gasteiger partial charge in [-0.15, -0.1) is 0 Å². The highest BCUT2D eigenvalue weighted by Crippen LogP contribution is 1.96. The first-order chi connectivity index (χ1) is 9.16. The van der Waals surface area contributed by atoms with Crippen LogP contribution in [0.4, 0.5) is 0 Å². The van der Waals surface area contributed by atoms with Gasteiger partial charge in [0, 0.05) is 39.6 Å². The SMILES string of the molecule is COCCCCCOCCCOCC(=O)NC(C)C. The van der Waals surface area contributed by atoms with Gasteiger partial charge in [0.05, 0.1) is 0 Å². The Bertz CT molecular complexity index is 210. The van der Waals surface area contributed by atoms with Crippen molar-refractivity contribution in [2.45, 2.75) is 45.6 Å². The van der Waals surface area contributed by atoms with E-state index < -0.39 is 0 Å². The Kier molecular flexibility index (Phi) is 13.3. The molecule has 114 valence electrons. The second kappa shape index (κ2) is 13.8. The summed E-state index contributed by atoms with van der Waals surface area (Å²) in [5, 5.41) is 2.77. The molecule has 0 aromatic rings. The van der Waals surface area contributed by atoms with Gasteiger partial charge in [-0.1, -0.05) is 0 Å². The van der Waals surface area contributed by atoms with E-state index in [-0.39, 0.29) is 18.6 Å². The molecule has 0 heterocycles. The Morgan fingerprint density at radius 3 is 2.26 bits per heavy atom. The zero-order chi connectivity index (χ0) is 14.3. The molecule has 0 aromatic heterocycles. The number of methoxy groups -OCH3 is 1. The molecule has 0 saturated heterocycles. The number of hydrogen-bond donors (Lipinski definition) is 1. The summed E-state index contributed by atoms with van der Waals surface area (Å²) >= 11 is 0. The normalized spacial score (nSPS) is 10.9. The first kappa shape index (κ1) is 18.4. The molecule has 0 spiro atoms. The molecule has 0 rings (SSSR count). The molecular weight excluding hydrogens is 246 g/mol. The smallest absolute Gasteiger partial charge is 0.246 e. The number of ether oxygens (including phenoxy) is 3. The molecule has 0 aliphatic rings. The summed E-state index contributed by atoms with van der Waals surface area (Å²) in [5.41, 5.74) is 0. The maximum absolute atomic E-state index is 11.2. The predicted molar refractivity (Wildman–Crippen MR) is 75.3 cm³/mol. The van der Waals surface area contributed by atoms with Crippen LogP contribution in [0, 0.1) is 0 Å². The second-order valence-corrected chi connectivity index (χ2v) is 4.79. The van der Waals surface area contributed by atoms with E-state index in [9.17, 15) is 4.79 Å². The Labute approximate surface area is 117 Å². The van der Waals surface area contributed by atoms with Crippen LogP contribution in [-0.4, -0.2) is 52.1 Å². The lowest BCUT2D eigenvalue weighted by Gasteiger charge is -2.09. The average Bonchev–Trinajstić information content (AvgIpc) is 2.35. The van der Waals surface area contributed by atoms with E-state index in [1.807, 2.05) is 13.8 Å². The molecule has 0 radical (unpaired) electrons. The van der Waals surface area contributed by atoms with Crippen molar-refractivity contribution in [1.29, 1.82) is 0 Å². The van der Waals surface area contributed by atoms with Crippen LogP contribution in [0.5, 0.6) is 0 Å². The summed E-state index contributed by atoms with van der Waals surface area (Å²) in [4.78, 5) is 11.2. The lowest BCUT2D eigenvalue weighted by Crippen LogP contribution is -2.33. The van der Waals surface area contributed by atoms with Crippen LogP contribution in [0.3, 0.4) is 0 Å². The maximum atomic E-state index is 11.2. The Morgan fingerprint density at radius 1 is 0.947 bits per heavy atom. The highest BCUT2D eigenvalue weighted by molar-refractivity contribution is 5.77. The molecule has 5 heteroatoms. The first-order valence-corrected chi connectivity index (χ1v) is 7.10. The van der Waals surface area contributed by atoms with Gasteiger partial charge in [-0.25, -0.2) is 0 Å². The van der Waals surface area contributed by atoms with Gasteiger partial charge in [-0.05, 0) is 39.5 Å². The van der Waals surface area contributed by atoms with Gasteiger partial charge in [0.15, 0.2) is 0 Å². The van der Waals surface area contributed by atoms with Crippen molar-refractivity contribution >= 4 is 5.91 Å². The van der Waals surface area contributed by atoms with Crippen LogP contribution < -0.4 is 5.32 Å². The standard InChI is InChI=1S/C14H29NO4/c1-13(2)15-14(16)12-19-11-7-10-18-9-6-4-5-8-17-3/h13H,4-12H2,1-3H3,(H,15,16). The maximum Gasteiger partial charge on any atom is 0.246 e. The number of amides is 1. The molecule has 0 atom stereocenters. The Morgan fingerprint density at radius 2 is 1.58 bits per heavy atom. The first-order valence-electron chi connectivity index (χ1n) is 7.10. The molecule has 0 bridgehead atoms. The van der Waals surface area contributed by atoms with E-state index in [0.717, 1.165) is 38.9 Å². The third-order valence-corrected chi connectivity index (χ3v) is 2.40. The fourth-order valence-corrected chi connectivity index (χ4v) is 1.52. The monoisotopic (exact) mass is 275 g/mol. The van der Waals surface area contributed by atoms with Crippen LogP contribution in [0.15, 0.2) is 0 Å². The topological polar surface area (TPSA) is 56.8 Å². The summed E-state index contributed by atoms with van der Waals surface area (Å²) in [6.07, 6.45) is 4.13. The van der Waals surface area contributed by atoms with E-state index >= 15 is 0 Å². The molecular formula is C14H29NO4. The van der Waals surface area contributed by atoms with E-state index in [1.165, 1.54) is 0 Å². The van der Waals surface area contributed by atoms with Crippen molar-refractivity contribution in [1.82, 2.24) is 5.32 Å². The van der Waals surface area contributed by atoms with Gasteiger partial charge in [0.2, 0.25) is 5.91 Å². The van der Waals surface area contributed by atoms with Crippen molar-refractivity contribution in [3.8, 4) is 0 Å². The number of unbranched alkanes of at least 4 members (excludes halogenated alkanes) is 2. The fraction of sp³-hybridized carbons (Fsp3) is 0.929. The molecule has 0 aromatic carbocycles. The zero-order valence-electron chi connectivity index (χ0n) is 12.6. The largest absolute Gasteiger partial charge is 0.385 e. The van der Waals surface area contributed by atoms with Crippen LogP contribution >= 0.6 is 0 Å². The summed E-state index contributed by atoms with van der Waals surface area (Å²) in [6, 6.07) is 0.164. The van der Waals surface area contributed by atoms with Crippen molar-refractivity contribution in [2.75, 3.05) is 40.1 Å². The fourth-order valence-electron chi connectivity index (χ4n) is 1.52. The van der Waals surface area contributed by atoms with Gasteiger partial charge < -0.3 is 19.5 Å². The minimum atomic E-state index is -0.0611. The summed E-state index contributed by atoms with van der Waals surface area (Å²) in [5.74, 6) is -0.0611. The van der Waals surface area contributed by atoms with Crippen molar-refractivity contribution < 1.29 is 19.0 Å². The summed E-state index contributed by atoms with van der Waals surface area (Å²) in [6.45, 7) is 6.86. The third-order valence-electron chi connectivity index (χ3n) is 2.40. The quantitative estimate of drug-likeness (QED) is 0.520. The number of carbonyl (C=O) groups excluding carboxylic acids is 1. The Balaban J connectivity index is 3.08. The van der Waals surface area contributed by atoms with Gasteiger partial charge in [-0.2, -0.15) is 0 Å². The average molecular weight is 275 g/mol. The number of carbonyl (C=O) groups is 1. The molecule has 1 N–H and O–H groups in total. The van der Waals surface area contributed by atoms with Crippen molar-refractivity contribution in [2.24, 2.45) is 0 Å². The van der Waals surface area contributed by atoms with Gasteiger partial charge in [0.25, 0.3) is 0 Å². The van der Waals surface area contributed by atoms with E-state index in [0.29, 0.717) is 13.2 Å². The van der Waals surface area contributed by atoms with Gasteiger partial charge >= 0.3 is 0 Å². The van der Waals surface area contributed by atoms with Crippen molar-refractivity contribution in [3.05, 3.63) is 0 Å². The van der Waals surface area contributed by atoms with Crippen LogP contribution in [0.2, 0.25) is 0 Å². The lowest BCUT2D eigenvalue weighted by atomic mass is 10.2. The van der Waals surface area contributed by atoms with E-state index in [1.54, 1.807) is 7.11 Å². The van der Waals surface area contributed by atoms with Gasteiger partial charge in [-0.3, -0.25) is 4.79 Å². The Hall–Kier alpha value is -0.650. The van der Waals surface area contributed by atoms with Gasteiger partial charge in [0.1, 0.15) is 6.61 Å². The van der Waals surface area contributed by atoms with E-state index in [4.69, 9.17) is 14.2 Å². The molecule has 1 amide bonds. The van der Waals surface area contributed by atoms with E-state index in [2.05, 4.69) is 5.32 Å². The number of hydrogen-bond acceptors (Lipinski definition) is 4. The van der Waals surface area contributed by atoms with Crippen molar-refractivity contribution in [3.63, 3.8) is 0 Å². The van der Waals surface area contributed by atoms with Crippen LogP contribution in [0.25, 0.3) is 0 Å². The van der Waals surface area contributed by atoms with Crippen LogP contribution in [-0.2, 0) is 19.0 Å². The summed E-state index contributed by atoms with van der Waals surface area (Å²) < 4.78 is 15.7. The lowest BCUT2D eigenvalue weighted by molar-refractivity contribution is -0.126. The number of nitrogens with one attached hydrogen (secondary N) is 1. The van der Waals surface area contributed by atoms with Crippen LogP contribution in [0.1, 0.15) is 39.5 Å². The molecule has 0 aliphatic heterocycles. The predicted octanol–water partition coefficient (Wildman–Crippen LogP) is 1.75. The zero-order valence-corrected chi connectivity index (χ0v) is 12.6. The second-order valence-electron chi connectivity index (χ2n) is 4.79. The number of rotatable bonds is 13. The highest BCUT2D eigenvalue weighted by Gasteiger charge is 2.02. The summed E-state index contributed by atoms with van der Waals surface area (Å²) in [7, 11) is 1.72.